The third-order valence-electron chi connectivity index (χ3n) is 2.57. The van der Waals surface area contributed by atoms with Crippen LogP contribution in [0.5, 0.6) is 0 Å². The first-order chi connectivity index (χ1) is 7.91. The molecule has 17 heavy (non-hydrogen) atoms. The number of carboxylic acid groups (broad SMARTS) is 2. The molecule has 0 radical (unpaired) electrons. The molecule has 1 aromatic carbocycles. The van der Waals surface area contributed by atoms with E-state index in [1.54, 1.807) is 12.1 Å². The van der Waals surface area contributed by atoms with Gasteiger partial charge in [-0.3, -0.25) is 9.59 Å². The Labute approximate surface area is 99.3 Å². The zero-order valence-electron chi connectivity index (χ0n) is 9.80. The first-order valence-electron chi connectivity index (χ1n) is 5.16. The second-order valence-corrected chi connectivity index (χ2v) is 3.86. The smallest absolute Gasteiger partial charge is 0.323 e. The number of nitrogens with zero attached hydrogens (tertiary/aromatic N) is 1. The van der Waals surface area contributed by atoms with Crippen molar-refractivity contribution in [3.8, 4) is 0 Å². The van der Waals surface area contributed by atoms with E-state index >= 15 is 0 Å². The van der Waals surface area contributed by atoms with Crippen LogP contribution in [0.1, 0.15) is 11.1 Å². The highest BCUT2D eigenvalue weighted by Crippen LogP contribution is 2.22. The van der Waals surface area contributed by atoms with Crippen molar-refractivity contribution in [1.29, 1.82) is 0 Å². The van der Waals surface area contributed by atoms with Gasteiger partial charge >= 0.3 is 11.9 Å². The SMILES string of the molecule is Cc1cccc(N(CC(=O)O)CC(=O)O)c1C. The fourth-order valence-corrected chi connectivity index (χ4v) is 1.63. The summed E-state index contributed by atoms with van der Waals surface area (Å²) >= 11 is 0. The Hall–Kier alpha value is -2.04. The minimum Gasteiger partial charge on any atom is -0.480 e. The molecule has 0 spiro atoms. The number of carboxylic acids is 2. The highest BCUT2D eigenvalue weighted by atomic mass is 16.4. The van der Waals surface area contributed by atoms with Gasteiger partial charge in [0.1, 0.15) is 13.1 Å². The molecule has 0 bridgehead atoms. The van der Waals surface area contributed by atoms with Crippen LogP contribution in [0.3, 0.4) is 0 Å². The maximum Gasteiger partial charge on any atom is 0.323 e. The van der Waals surface area contributed by atoms with E-state index in [0.29, 0.717) is 5.69 Å². The van der Waals surface area contributed by atoms with Gasteiger partial charge in [0.05, 0.1) is 0 Å². The molecule has 0 heterocycles. The molecule has 0 saturated heterocycles. The van der Waals surface area contributed by atoms with Crippen molar-refractivity contribution in [3.05, 3.63) is 29.3 Å². The Morgan fingerprint density at radius 1 is 1.12 bits per heavy atom. The fourth-order valence-electron chi connectivity index (χ4n) is 1.63. The van der Waals surface area contributed by atoms with Crippen LogP contribution in [0.2, 0.25) is 0 Å². The lowest BCUT2D eigenvalue weighted by Crippen LogP contribution is -2.35. The van der Waals surface area contributed by atoms with Gasteiger partial charge in [0, 0.05) is 5.69 Å². The Morgan fingerprint density at radius 3 is 2.12 bits per heavy atom. The molecule has 1 rings (SSSR count). The molecule has 0 saturated carbocycles. The van der Waals surface area contributed by atoms with E-state index in [9.17, 15) is 9.59 Å². The third kappa shape index (κ3) is 3.48. The normalized spacial score (nSPS) is 10.0. The van der Waals surface area contributed by atoms with E-state index < -0.39 is 11.9 Å². The minimum atomic E-state index is -1.05. The maximum absolute atomic E-state index is 10.7. The number of rotatable bonds is 5. The third-order valence-corrected chi connectivity index (χ3v) is 2.57. The summed E-state index contributed by atoms with van der Waals surface area (Å²) in [5, 5.41) is 17.6. The molecule has 0 atom stereocenters. The molecule has 0 aliphatic carbocycles. The van der Waals surface area contributed by atoms with Crippen LogP contribution in [-0.4, -0.2) is 35.2 Å². The molecule has 2 N–H and O–H groups in total. The van der Waals surface area contributed by atoms with Gasteiger partial charge in [-0.05, 0) is 31.0 Å². The highest BCUT2D eigenvalue weighted by molar-refractivity contribution is 5.80. The summed E-state index contributed by atoms with van der Waals surface area (Å²) < 4.78 is 0. The van der Waals surface area contributed by atoms with Crippen molar-refractivity contribution in [2.75, 3.05) is 18.0 Å². The van der Waals surface area contributed by atoms with Crippen LogP contribution in [0.15, 0.2) is 18.2 Å². The van der Waals surface area contributed by atoms with E-state index in [1.165, 1.54) is 4.90 Å². The molecule has 0 aromatic heterocycles. The van der Waals surface area contributed by atoms with Crippen molar-refractivity contribution >= 4 is 17.6 Å². The van der Waals surface area contributed by atoms with Crippen LogP contribution in [0.4, 0.5) is 5.69 Å². The van der Waals surface area contributed by atoms with E-state index in [0.717, 1.165) is 11.1 Å². The average Bonchev–Trinajstić information content (AvgIpc) is 2.19. The molecule has 1 aromatic rings. The molecule has 0 fully saturated rings. The number of aliphatic carboxylic acids is 2. The molecule has 0 aliphatic rings. The molecular weight excluding hydrogens is 222 g/mol. The second kappa shape index (κ2) is 5.34. The fraction of sp³-hybridized carbons (Fsp3) is 0.333. The summed E-state index contributed by atoms with van der Waals surface area (Å²) in [6.07, 6.45) is 0. The Morgan fingerprint density at radius 2 is 1.65 bits per heavy atom. The molecule has 0 amide bonds. The molecule has 0 aliphatic heterocycles. The van der Waals surface area contributed by atoms with E-state index in [4.69, 9.17) is 10.2 Å². The zero-order valence-corrected chi connectivity index (χ0v) is 9.80. The van der Waals surface area contributed by atoms with Gasteiger partial charge in [-0.25, -0.2) is 0 Å². The summed E-state index contributed by atoms with van der Waals surface area (Å²) in [5.74, 6) is -2.10. The first-order valence-corrected chi connectivity index (χ1v) is 5.16. The van der Waals surface area contributed by atoms with Gasteiger partial charge < -0.3 is 15.1 Å². The zero-order chi connectivity index (χ0) is 13.0. The largest absolute Gasteiger partial charge is 0.480 e. The Balaban J connectivity index is 3.07. The molecular formula is C12H15NO4. The van der Waals surface area contributed by atoms with Crippen molar-refractivity contribution in [1.82, 2.24) is 0 Å². The number of hydrogen-bond donors (Lipinski definition) is 2. The second-order valence-electron chi connectivity index (χ2n) is 3.86. The van der Waals surface area contributed by atoms with E-state index in [2.05, 4.69) is 0 Å². The molecule has 92 valence electrons. The standard InChI is InChI=1S/C12H15NO4/c1-8-4-3-5-10(9(8)2)13(6-11(14)15)7-12(16)17/h3-5H,6-7H2,1-2H3,(H,14,15)(H,16,17). The number of aryl methyl sites for hydroxylation is 1. The number of carbonyl (C=O) groups is 2. The maximum atomic E-state index is 10.7. The Kier molecular flexibility index (Phi) is 4.09. The lowest BCUT2D eigenvalue weighted by Gasteiger charge is -2.23. The van der Waals surface area contributed by atoms with Crippen molar-refractivity contribution in [2.24, 2.45) is 0 Å². The summed E-state index contributed by atoms with van der Waals surface area (Å²) in [6.45, 7) is 3.10. The number of hydrogen-bond acceptors (Lipinski definition) is 3. The molecule has 0 unspecified atom stereocenters. The first kappa shape index (κ1) is 13.0. The molecule has 5 heteroatoms. The molecule has 5 nitrogen and oxygen atoms in total. The predicted molar refractivity (Wildman–Crippen MR) is 63.4 cm³/mol. The lowest BCUT2D eigenvalue weighted by molar-refractivity contribution is -0.136. The summed E-state index contributed by atoms with van der Waals surface area (Å²) in [5.41, 5.74) is 2.55. The van der Waals surface area contributed by atoms with Gasteiger partial charge in [-0.1, -0.05) is 12.1 Å². The van der Waals surface area contributed by atoms with Crippen molar-refractivity contribution in [2.45, 2.75) is 13.8 Å². The number of benzene rings is 1. The monoisotopic (exact) mass is 237 g/mol. The highest BCUT2D eigenvalue weighted by Gasteiger charge is 2.16. The van der Waals surface area contributed by atoms with Crippen LogP contribution < -0.4 is 4.90 Å². The van der Waals surface area contributed by atoms with E-state index in [1.807, 2.05) is 19.9 Å². The summed E-state index contributed by atoms with van der Waals surface area (Å²) in [4.78, 5) is 22.8. The average molecular weight is 237 g/mol. The van der Waals surface area contributed by atoms with Gasteiger partial charge in [-0.2, -0.15) is 0 Å². The Bertz CT molecular complexity index is 426. The van der Waals surface area contributed by atoms with Gasteiger partial charge in [-0.15, -0.1) is 0 Å². The van der Waals surface area contributed by atoms with Crippen molar-refractivity contribution in [3.63, 3.8) is 0 Å². The van der Waals surface area contributed by atoms with Crippen molar-refractivity contribution < 1.29 is 19.8 Å². The van der Waals surface area contributed by atoms with E-state index in [-0.39, 0.29) is 13.1 Å². The quantitative estimate of drug-likeness (QED) is 0.806. The summed E-state index contributed by atoms with van der Waals surface area (Å²) in [7, 11) is 0. The lowest BCUT2D eigenvalue weighted by atomic mass is 10.1. The van der Waals surface area contributed by atoms with Crippen LogP contribution in [0.25, 0.3) is 0 Å². The van der Waals surface area contributed by atoms with Crippen LogP contribution in [-0.2, 0) is 9.59 Å². The topological polar surface area (TPSA) is 77.8 Å². The van der Waals surface area contributed by atoms with Gasteiger partial charge in [0.15, 0.2) is 0 Å². The van der Waals surface area contributed by atoms with Gasteiger partial charge in [0.25, 0.3) is 0 Å². The van der Waals surface area contributed by atoms with Gasteiger partial charge in [0.2, 0.25) is 0 Å². The van der Waals surface area contributed by atoms with Crippen LogP contribution >= 0.6 is 0 Å². The van der Waals surface area contributed by atoms with Crippen LogP contribution in [0, 0.1) is 13.8 Å². The summed E-state index contributed by atoms with van der Waals surface area (Å²) in [6, 6.07) is 5.42. The number of anilines is 1. The minimum absolute atomic E-state index is 0.323. The predicted octanol–water partition coefficient (Wildman–Crippen LogP) is 1.28.